The number of ketones is 1. The molecule has 1 amide bonds. The molecule has 6 heteroatoms. The summed E-state index contributed by atoms with van der Waals surface area (Å²) in [7, 11) is 0. The SMILES string of the molecule is CC(C)(C)c1ccc(C2C(C(=O)c3cccs3)C(C=Cc3ccccc3)N(C(=O)c3ccccc3)C2C(=O)O)cc1. The summed E-state index contributed by atoms with van der Waals surface area (Å²) in [6.07, 6.45) is 3.69. The average Bonchev–Trinajstić information content (AvgIpc) is 3.63. The lowest BCUT2D eigenvalue weighted by molar-refractivity contribution is -0.142. The van der Waals surface area contributed by atoms with Gasteiger partial charge in [-0.15, -0.1) is 11.3 Å². The number of Topliss-reactive ketones (excluding diaryl/α,β-unsaturated/α-hetero) is 1. The summed E-state index contributed by atoms with van der Waals surface area (Å²) in [6.45, 7) is 6.35. The van der Waals surface area contributed by atoms with Crippen molar-refractivity contribution < 1.29 is 19.5 Å². The highest BCUT2D eigenvalue weighted by Gasteiger charge is 2.56. The van der Waals surface area contributed by atoms with Gasteiger partial charge in [0, 0.05) is 11.5 Å². The highest BCUT2D eigenvalue weighted by molar-refractivity contribution is 7.12. The van der Waals surface area contributed by atoms with E-state index in [1.54, 1.807) is 30.3 Å². The van der Waals surface area contributed by atoms with Gasteiger partial charge in [0.05, 0.1) is 16.8 Å². The number of carbonyl (C=O) groups excluding carboxylic acids is 2. The highest BCUT2D eigenvalue weighted by Crippen LogP contribution is 2.46. The number of hydrogen-bond donors (Lipinski definition) is 1. The quantitative estimate of drug-likeness (QED) is 0.239. The molecule has 0 saturated carbocycles. The number of amides is 1. The molecule has 4 aromatic rings. The van der Waals surface area contributed by atoms with Gasteiger partial charge in [0.25, 0.3) is 5.91 Å². The number of aliphatic carboxylic acids is 1. The number of rotatable bonds is 7. The third-order valence-electron chi connectivity index (χ3n) is 7.74. The summed E-state index contributed by atoms with van der Waals surface area (Å²) in [5.74, 6) is -3.28. The van der Waals surface area contributed by atoms with Crippen LogP contribution in [0.3, 0.4) is 0 Å². The van der Waals surface area contributed by atoms with E-state index in [0.29, 0.717) is 10.4 Å². The number of thiophene rings is 1. The molecule has 1 aliphatic rings. The van der Waals surface area contributed by atoms with Crippen LogP contribution in [0.1, 0.15) is 63.4 Å². The van der Waals surface area contributed by atoms with E-state index in [1.165, 1.54) is 16.2 Å². The van der Waals surface area contributed by atoms with Crippen molar-refractivity contribution in [3.63, 3.8) is 0 Å². The van der Waals surface area contributed by atoms with E-state index in [1.807, 2.05) is 84.3 Å². The van der Waals surface area contributed by atoms with Gasteiger partial charge in [0.1, 0.15) is 6.04 Å². The van der Waals surface area contributed by atoms with E-state index in [4.69, 9.17) is 0 Å². The minimum Gasteiger partial charge on any atom is -0.480 e. The molecule has 2 heterocycles. The molecule has 0 radical (unpaired) electrons. The van der Waals surface area contributed by atoms with Crippen molar-refractivity contribution in [3.8, 4) is 0 Å². The Balaban J connectivity index is 1.71. The van der Waals surface area contributed by atoms with Crippen LogP contribution in [0, 0.1) is 5.92 Å². The number of likely N-dealkylation sites (tertiary alicyclic amines) is 1. The predicted octanol–water partition coefficient (Wildman–Crippen LogP) is 7.32. The molecule has 5 rings (SSSR count). The maximum atomic E-state index is 14.3. The van der Waals surface area contributed by atoms with Crippen LogP contribution in [-0.4, -0.2) is 39.7 Å². The van der Waals surface area contributed by atoms with Crippen molar-refractivity contribution in [2.24, 2.45) is 5.92 Å². The van der Waals surface area contributed by atoms with Crippen molar-refractivity contribution in [1.82, 2.24) is 4.90 Å². The molecule has 0 bridgehead atoms. The van der Waals surface area contributed by atoms with Crippen LogP contribution in [0.4, 0.5) is 0 Å². The first kappa shape index (κ1) is 28.2. The standard InChI is InChI=1S/C35H33NO4S/c1-35(2,3)26-19-17-24(18-20-26)29-30(32(37)28-15-10-22-41-28)27(21-16-23-11-6-4-7-12-23)36(31(29)34(39)40)33(38)25-13-8-5-9-14-25/h4-22,27,29-31H,1-3H3,(H,39,40). The van der Waals surface area contributed by atoms with Gasteiger partial charge in [0.2, 0.25) is 0 Å². The van der Waals surface area contributed by atoms with Crippen molar-refractivity contribution in [1.29, 1.82) is 0 Å². The van der Waals surface area contributed by atoms with E-state index in [9.17, 15) is 19.5 Å². The Hall–Kier alpha value is -4.29. The second-order valence-corrected chi connectivity index (χ2v) is 12.3. The van der Waals surface area contributed by atoms with Crippen LogP contribution in [0.15, 0.2) is 109 Å². The summed E-state index contributed by atoms with van der Waals surface area (Å²) in [6, 6.07) is 27.7. The van der Waals surface area contributed by atoms with E-state index in [-0.39, 0.29) is 11.2 Å². The van der Waals surface area contributed by atoms with E-state index < -0.39 is 35.8 Å². The van der Waals surface area contributed by atoms with E-state index in [0.717, 1.165) is 16.7 Å². The molecule has 1 aliphatic heterocycles. The number of carboxylic acid groups (broad SMARTS) is 1. The third kappa shape index (κ3) is 5.79. The molecular formula is C35H33NO4S. The van der Waals surface area contributed by atoms with Crippen molar-refractivity contribution in [2.75, 3.05) is 0 Å². The molecule has 208 valence electrons. The molecule has 5 nitrogen and oxygen atoms in total. The molecule has 1 saturated heterocycles. The highest BCUT2D eigenvalue weighted by atomic mass is 32.1. The molecule has 0 spiro atoms. The molecule has 1 fully saturated rings. The Bertz CT molecular complexity index is 1540. The predicted molar refractivity (Wildman–Crippen MR) is 163 cm³/mol. The summed E-state index contributed by atoms with van der Waals surface area (Å²) >= 11 is 1.33. The number of hydrogen-bond acceptors (Lipinski definition) is 4. The van der Waals surface area contributed by atoms with Crippen LogP contribution >= 0.6 is 11.3 Å². The molecule has 4 atom stereocenters. The fraction of sp³-hybridized carbons (Fsp3) is 0.229. The number of carbonyl (C=O) groups is 3. The Kier molecular flexibility index (Phi) is 8.04. The van der Waals surface area contributed by atoms with Crippen molar-refractivity contribution in [2.45, 2.75) is 44.2 Å². The third-order valence-corrected chi connectivity index (χ3v) is 8.62. The van der Waals surface area contributed by atoms with Crippen LogP contribution in [-0.2, 0) is 10.2 Å². The van der Waals surface area contributed by atoms with E-state index >= 15 is 0 Å². The van der Waals surface area contributed by atoms with Gasteiger partial charge in [-0.05, 0) is 45.7 Å². The zero-order chi connectivity index (χ0) is 29.1. The first-order valence-corrected chi connectivity index (χ1v) is 14.6. The molecule has 0 aliphatic carbocycles. The number of nitrogens with zero attached hydrogens (tertiary/aromatic N) is 1. The number of benzene rings is 3. The van der Waals surface area contributed by atoms with Crippen LogP contribution in [0.25, 0.3) is 6.08 Å². The maximum absolute atomic E-state index is 14.3. The van der Waals surface area contributed by atoms with Gasteiger partial charge in [-0.3, -0.25) is 9.59 Å². The van der Waals surface area contributed by atoms with Gasteiger partial charge in [-0.1, -0.05) is 112 Å². The van der Waals surface area contributed by atoms with Gasteiger partial charge in [-0.25, -0.2) is 4.79 Å². The lowest BCUT2D eigenvalue weighted by atomic mass is 9.77. The fourth-order valence-electron chi connectivity index (χ4n) is 5.69. The zero-order valence-electron chi connectivity index (χ0n) is 23.3. The van der Waals surface area contributed by atoms with Crippen LogP contribution < -0.4 is 0 Å². The minimum atomic E-state index is -1.25. The van der Waals surface area contributed by atoms with E-state index in [2.05, 4.69) is 20.8 Å². The first-order valence-electron chi connectivity index (χ1n) is 13.7. The molecule has 4 unspecified atom stereocenters. The number of carboxylic acids is 1. The van der Waals surface area contributed by atoms with Crippen LogP contribution in [0.2, 0.25) is 0 Å². The lowest BCUT2D eigenvalue weighted by Crippen LogP contribution is -2.46. The van der Waals surface area contributed by atoms with Gasteiger partial charge in [-0.2, -0.15) is 0 Å². The topological polar surface area (TPSA) is 74.7 Å². The molecule has 41 heavy (non-hydrogen) atoms. The monoisotopic (exact) mass is 563 g/mol. The summed E-state index contributed by atoms with van der Waals surface area (Å²) in [5.41, 5.74) is 3.00. The van der Waals surface area contributed by atoms with Gasteiger partial charge < -0.3 is 10.0 Å². The second kappa shape index (κ2) is 11.7. The Labute approximate surface area is 244 Å². The molecule has 1 N–H and O–H groups in total. The molecule has 1 aromatic heterocycles. The summed E-state index contributed by atoms with van der Waals surface area (Å²) in [5, 5.41) is 12.5. The first-order chi connectivity index (χ1) is 19.7. The Morgan fingerprint density at radius 3 is 2.02 bits per heavy atom. The molecular weight excluding hydrogens is 530 g/mol. The molecule has 3 aromatic carbocycles. The van der Waals surface area contributed by atoms with Gasteiger partial charge in [0.15, 0.2) is 5.78 Å². The minimum absolute atomic E-state index is 0.0944. The Morgan fingerprint density at radius 2 is 1.46 bits per heavy atom. The normalized spacial score (nSPS) is 20.8. The van der Waals surface area contributed by atoms with Crippen LogP contribution in [0.5, 0.6) is 0 Å². The average molecular weight is 564 g/mol. The summed E-state index contributed by atoms with van der Waals surface area (Å²) < 4.78 is 0. The zero-order valence-corrected chi connectivity index (χ0v) is 24.1. The Morgan fingerprint density at radius 1 is 0.829 bits per heavy atom. The summed E-state index contributed by atoms with van der Waals surface area (Å²) in [4.78, 5) is 43.4. The largest absolute Gasteiger partial charge is 0.480 e. The smallest absolute Gasteiger partial charge is 0.327 e. The van der Waals surface area contributed by atoms with Crippen molar-refractivity contribution >= 4 is 35.1 Å². The van der Waals surface area contributed by atoms with Crippen molar-refractivity contribution in [3.05, 3.63) is 136 Å². The lowest BCUT2D eigenvalue weighted by Gasteiger charge is -2.28. The maximum Gasteiger partial charge on any atom is 0.327 e. The second-order valence-electron chi connectivity index (χ2n) is 11.4. The fourth-order valence-corrected chi connectivity index (χ4v) is 6.40. The van der Waals surface area contributed by atoms with Gasteiger partial charge >= 0.3 is 5.97 Å².